The quantitative estimate of drug-likeness (QED) is 0.798. The van der Waals surface area contributed by atoms with Crippen molar-refractivity contribution in [1.29, 1.82) is 0 Å². The first-order valence-corrected chi connectivity index (χ1v) is 5.63. The third-order valence-corrected chi connectivity index (χ3v) is 1.47. The maximum atomic E-state index is 8.54. The molecule has 4 heteroatoms. The van der Waals surface area contributed by atoms with E-state index in [2.05, 4.69) is 0 Å². The van der Waals surface area contributed by atoms with Crippen molar-refractivity contribution in [2.24, 2.45) is 0 Å². The summed E-state index contributed by atoms with van der Waals surface area (Å²) in [4.78, 5) is 0. The second-order valence-corrected chi connectivity index (χ2v) is 3.09. The first-order valence-electron chi connectivity index (χ1n) is 5.63. The minimum atomic E-state index is 0. The Morgan fingerprint density at radius 2 is 1.18 bits per heavy atom. The molecule has 0 heterocycles. The van der Waals surface area contributed by atoms with E-state index in [0.29, 0.717) is 13.2 Å². The Morgan fingerprint density at radius 1 is 0.824 bits per heavy atom. The van der Waals surface area contributed by atoms with Crippen LogP contribution in [0.1, 0.15) is 32.3 Å². The van der Waals surface area contributed by atoms with Gasteiger partial charge in [-0.1, -0.05) is 44.2 Å². The first-order chi connectivity index (χ1) is 7.76. The van der Waals surface area contributed by atoms with Gasteiger partial charge in [0.15, 0.2) is 0 Å². The maximum absolute atomic E-state index is 8.54. The Labute approximate surface area is 124 Å². The van der Waals surface area contributed by atoms with Gasteiger partial charge in [0.2, 0.25) is 0 Å². The molecule has 1 aromatic carbocycles. The molecule has 3 N–H and O–H groups in total. The molecule has 0 bridgehead atoms. The Bertz CT molecular complexity index is 197. The maximum Gasteiger partial charge on any atom is 0.0681 e. The zero-order chi connectivity index (χ0) is 12.6. The zero-order valence-corrected chi connectivity index (χ0v) is 13.2. The van der Waals surface area contributed by atoms with Crippen LogP contribution in [0.25, 0.3) is 0 Å². The molecule has 0 unspecified atom stereocenters. The molecule has 1 rings (SSSR count). The molecule has 0 aromatic heterocycles. The van der Waals surface area contributed by atoms with E-state index in [0.717, 1.165) is 18.4 Å². The second kappa shape index (κ2) is 21.3. The summed E-state index contributed by atoms with van der Waals surface area (Å²) in [5.74, 6) is 0. The normalized spacial score (nSPS) is 7.82. The van der Waals surface area contributed by atoms with Crippen molar-refractivity contribution in [3.8, 4) is 0 Å². The van der Waals surface area contributed by atoms with Crippen LogP contribution in [0.15, 0.2) is 30.3 Å². The minimum absolute atomic E-state index is 0. The van der Waals surface area contributed by atoms with Crippen molar-refractivity contribution in [2.45, 2.75) is 33.3 Å². The van der Waals surface area contributed by atoms with E-state index < -0.39 is 0 Å². The standard InChI is InChI=1S/C7H8O.2C3H8O.Zr/c8-6-7-4-2-1-3-5-7;2*1-2-3-4;/h1-5,8H,6H2;2*4H,2-3H2,1H3;. The molecule has 0 atom stereocenters. The van der Waals surface area contributed by atoms with Gasteiger partial charge in [0.1, 0.15) is 0 Å². The van der Waals surface area contributed by atoms with Crippen LogP contribution in [-0.2, 0) is 32.8 Å². The van der Waals surface area contributed by atoms with Gasteiger partial charge >= 0.3 is 0 Å². The van der Waals surface area contributed by atoms with E-state index in [1.54, 1.807) is 0 Å². The molecule has 0 aliphatic rings. The van der Waals surface area contributed by atoms with Crippen molar-refractivity contribution in [2.75, 3.05) is 13.2 Å². The Morgan fingerprint density at radius 3 is 1.35 bits per heavy atom. The fourth-order valence-corrected chi connectivity index (χ4v) is 0.583. The van der Waals surface area contributed by atoms with Crippen LogP contribution in [0.4, 0.5) is 0 Å². The van der Waals surface area contributed by atoms with Crippen LogP contribution in [0.2, 0.25) is 0 Å². The summed E-state index contributed by atoms with van der Waals surface area (Å²) in [5.41, 5.74) is 0.965. The Balaban J connectivity index is -0.000000189. The number of benzene rings is 1. The van der Waals surface area contributed by atoms with Crippen molar-refractivity contribution in [1.82, 2.24) is 0 Å². The van der Waals surface area contributed by atoms with Gasteiger partial charge in [-0.2, -0.15) is 0 Å². The van der Waals surface area contributed by atoms with Crippen LogP contribution in [0, 0.1) is 0 Å². The second-order valence-electron chi connectivity index (χ2n) is 3.09. The molecular formula is C13H24O3Zr. The van der Waals surface area contributed by atoms with E-state index in [4.69, 9.17) is 15.3 Å². The summed E-state index contributed by atoms with van der Waals surface area (Å²) in [6.07, 6.45) is 1.75. The number of aliphatic hydroxyl groups is 3. The van der Waals surface area contributed by atoms with Crippen LogP contribution < -0.4 is 0 Å². The fraction of sp³-hybridized carbons (Fsp3) is 0.538. The van der Waals surface area contributed by atoms with Crippen LogP contribution in [0.5, 0.6) is 0 Å². The van der Waals surface area contributed by atoms with Crippen molar-refractivity contribution >= 4 is 0 Å². The summed E-state index contributed by atoms with van der Waals surface area (Å²) < 4.78 is 0. The number of hydrogen-bond donors (Lipinski definition) is 3. The van der Waals surface area contributed by atoms with Gasteiger partial charge in [-0.15, -0.1) is 0 Å². The van der Waals surface area contributed by atoms with Crippen molar-refractivity contribution in [3.05, 3.63) is 35.9 Å². The molecule has 0 fully saturated rings. The minimum Gasteiger partial charge on any atom is -0.396 e. The molecule has 0 spiro atoms. The molecule has 0 aliphatic heterocycles. The molecule has 98 valence electrons. The van der Waals surface area contributed by atoms with E-state index in [1.165, 1.54) is 0 Å². The van der Waals surface area contributed by atoms with Gasteiger partial charge in [0.25, 0.3) is 0 Å². The van der Waals surface area contributed by atoms with E-state index >= 15 is 0 Å². The number of hydrogen-bond acceptors (Lipinski definition) is 3. The largest absolute Gasteiger partial charge is 0.396 e. The molecule has 0 aliphatic carbocycles. The third-order valence-electron chi connectivity index (χ3n) is 1.47. The Hall–Kier alpha value is -0.0169. The van der Waals surface area contributed by atoms with Gasteiger partial charge in [0, 0.05) is 39.4 Å². The van der Waals surface area contributed by atoms with E-state index in [9.17, 15) is 0 Å². The topological polar surface area (TPSA) is 60.7 Å². The number of rotatable bonds is 3. The summed E-state index contributed by atoms with van der Waals surface area (Å²) in [6, 6.07) is 9.52. The first kappa shape index (κ1) is 22.2. The number of aliphatic hydroxyl groups excluding tert-OH is 3. The molecule has 0 saturated heterocycles. The summed E-state index contributed by atoms with van der Waals surface area (Å²) >= 11 is 0. The average molecular weight is 320 g/mol. The van der Waals surface area contributed by atoms with Crippen LogP contribution in [0.3, 0.4) is 0 Å². The SMILES string of the molecule is CCCO.CCCO.OCc1ccccc1.[Zr]. The zero-order valence-electron chi connectivity index (χ0n) is 10.8. The molecule has 0 amide bonds. The van der Waals surface area contributed by atoms with E-state index in [-0.39, 0.29) is 32.8 Å². The summed E-state index contributed by atoms with van der Waals surface area (Å²) in [5, 5.41) is 24.3. The average Bonchev–Trinajstić information content (AvgIpc) is 2.40. The molecule has 17 heavy (non-hydrogen) atoms. The molecule has 0 radical (unpaired) electrons. The van der Waals surface area contributed by atoms with Crippen LogP contribution in [-0.4, -0.2) is 28.5 Å². The third kappa shape index (κ3) is 21.8. The van der Waals surface area contributed by atoms with Gasteiger partial charge in [-0.3, -0.25) is 0 Å². The Kier molecular flexibility index (Phi) is 27.8. The van der Waals surface area contributed by atoms with Gasteiger partial charge in [-0.25, -0.2) is 0 Å². The molecule has 0 saturated carbocycles. The van der Waals surface area contributed by atoms with Crippen molar-refractivity contribution in [3.63, 3.8) is 0 Å². The van der Waals surface area contributed by atoms with E-state index in [1.807, 2.05) is 44.2 Å². The molecular weight excluding hydrogens is 295 g/mol. The fourth-order valence-electron chi connectivity index (χ4n) is 0.583. The van der Waals surface area contributed by atoms with Gasteiger partial charge in [-0.05, 0) is 18.4 Å². The van der Waals surface area contributed by atoms with Crippen LogP contribution >= 0.6 is 0 Å². The predicted molar refractivity (Wildman–Crippen MR) is 67.1 cm³/mol. The molecule has 3 nitrogen and oxygen atoms in total. The van der Waals surface area contributed by atoms with Gasteiger partial charge in [0.05, 0.1) is 6.61 Å². The molecule has 1 aromatic rings. The smallest absolute Gasteiger partial charge is 0.0681 e. The monoisotopic (exact) mass is 318 g/mol. The predicted octanol–water partition coefficient (Wildman–Crippen LogP) is 1.95. The summed E-state index contributed by atoms with van der Waals surface area (Å²) in [7, 11) is 0. The van der Waals surface area contributed by atoms with Crippen molar-refractivity contribution < 1.29 is 41.5 Å². The summed E-state index contributed by atoms with van der Waals surface area (Å²) in [6.45, 7) is 4.64. The van der Waals surface area contributed by atoms with Gasteiger partial charge < -0.3 is 15.3 Å².